The van der Waals surface area contributed by atoms with Gasteiger partial charge in [-0.15, -0.1) is 0 Å². The first kappa shape index (κ1) is 18.3. The second kappa shape index (κ2) is 7.86. The predicted molar refractivity (Wildman–Crippen MR) is 106 cm³/mol. The van der Waals surface area contributed by atoms with Crippen LogP contribution in [-0.2, 0) is 6.54 Å². The third-order valence-corrected chi connectivity index (χ3v) is 4.28. The Morgan fingerprint density at radius 3 is 2.83 bits per heavy atom. The summed E-state index contributed by atoms with van der Waals surface area (Å²) in [5, 5.41) is 15.1. The van der Waals surface area contributed by atoms with Crippen LogP contribution in [0.4, 0.5) is 11.5 Å². The van der Waals surface area contributed by atoms with E-state index in [4.69, 9.17) is 9.47 Å². The number of hydrogen-bond donors (Lipinski definition) is 2. The molecule has 8 heteroatoms. The third kappa shape index (κ3) is 4.09. The van der Waals surface area contributed by atoms with E-state index in [0.29, 0.717) is 35.2 Å². The number of carbonyl (C=O) groups is 1. The summed E-state index contributed by atoms with van der Waals surface area (Å²) >= 11 is 0. The molecule has 2 N–H and O–H groups in total. The van der Waals surface area contributed by atoms with Crippen LogP contribution in [0.3, 0.4) is 0 Å². The summed E-state index contributed by atoms with van der Waals surface area (Å²) in [5.74, 6) is 2.00. The van der Waals surface area contributed by atoms with E-state index in [1.807, 2.05) is 18.2 Å². The van der Waals surface area contributed by atoms with E-state index in [0.717, 1.165) is 11.3 Å². The average molecular weight is 387 g/mol. The lowest BCUT2D eigenvalue weighted by molar-refractivity contribution is 0.102. The summed E-state index contributed by atoms with van der Waals surface area (Å²) in [6.07, 6.45) is 0. The van der Waals surface area contributed by atoms with E-state index in [2.05, 4.69) is 26.7 Å². The predicted octanol–water partition coefficient (Wildman–Crippen LogP) is 3.25. The number of carbonyl (C=O) groups excluding carboxylic acids is 1. The molecular formula is C21H17N5O3. The van der Waals surface area contributed by atoms with Crippen molar-refractivity contribution in [2.45, 2.75) is 13.5 Å². The Balaban J connectivity index is 1.48. The number of ether oxygens (including phenoxy) is 2. The van der Waals surface area contributed by atoms with Crippen LogP contribution in [0.25, 0.3) is 0 Å². The van der Waals surface area contributed by atoms with Crippen molar-refractivity contribution < 1.29 is 14.3 Å². The summed E-state index contributed by atoms with van der Waals surface area (Å²) in [5.41, 5.74) is 2.01. The number of para-hydroxylation sites is 1. The zero-order chi connectivity index (χ0) is 20.2. The number of aryl methyl sites for hydroxylation is 1. The van der Waals surface area contributed by atoms with Gasteiger partial charge in [-0.25, -0.2) is 9.97 Å². The van der Waals surface area contributed by atoms with Gasteiger partial charge in [-0.2, -0.15) is 5.26 Å². The van der Waals surface area contributed by atoms with Crippen LogP contribution in [0.15, 0.2) is 48.5 Å². The smallest absolute Gasteiger partial charge is 0.274 e. The number of amides is 1. The fourth-order valence-electron chi connectivity index (χ4n) is 2.89. The number of nitrogens with zero attached hydrogens (tertiary/aromatic N) is 3. The molecule has 0 aliphatic carbocycles. The van der Waals surface area contributed by atoms with Crippen LogP contribution in [0.1, 0.15) is 27.4 Å². The van der Waals surface area contributed by atoms with E-state index in [1.165, 1.54) is 0 Å². The van der Waals surface area contributed by atoms with Gasteiger partial charge in [0, 0.05) is 12.6 Å². The molecule has 0 radical (unpaired) electrons. The molecule has 8 nitrogen and oxygen atoms in total. The molecule has 2 heterocycles. The minimum absolute atomic E-state index is 0.207. The van der Waals surface area contributed by atoms with Gasteiger partial charge >= 0.3 is 0 Å². The molecule has 1 aliphatic heterocycles. The molecule has 144 valence electrons. The fourth-order valence-corrected chi connectivity index (χ4v) is 2.89. The Hall–Kier alpha value is -4.12. The molecule has 3 aromatic rings. The normalized spacial score (nSPS) is 11.6. The zero-order valence-corrected chi connectivity index (χ0v) is 15.6. The molecule has 29 heavy (non-hydrogen) atoms. The minimum Gasteiger partial charge on any atom is -0.454 e. The number of nitrogens with one attached hydrogen (secondary N) is 2. The molecule has 0 saturated heterocycles. The van der Waals surface area contributed by atoms with Crippen molar-refractivity contribution in [1.82, 2.24) is 9.97 Å². The van der Waals surface area contributed by atoms with Crippen LogP contribution < -0.4 is 20.1 Å². The summed E-state index contributed by atoms with van der Waals surface area (Å²) in [4.78, 5) is 21.2. The van der Waals surface area contributed by atoms with Gasteiger partial charge < -0.3 is 20.1 Å². The summed E-state index contributed by atoms with van der Waals surface area (Å²) in [6.45, 7) is 2.43. The highest BCUT2D eigenvalue weighted by Crippen LogP contribution is 2.32. The van der Waals surface area contributed by atoms with Crippen molar-refractivity contribution in [2.75, 3.05) is 17.4 Å². The first-order valence-electron chi connectivity index (χ1n) is 8.91. The lowest BCUT2D eigenvalue weighted by atomic mass is 10.2. The van der Waals surface area contributed by atoms with E-state index < -0.39 is 5.91 Å². The SMILES string of the molecule is Cc1nc(NCc2ccc3c(c2)OCO3)cc(C(=O)Nc2ccccc2C#N)n1. The number of anilines is 2. The van der Waals surface area contributed by atoms with Crippen molar-refractivity contribution in [3.05, 3.63) is 71.2 Å². The van der Waals surface area contributed by atoms with Crippen LogP contribution in [-0.4, -0.2) is 22.7 Å². The van der Waals surface area contributed by atoms with Crippen molar-refractivity contribution in [3.8, 4) is 17.6 Å². The summed E-state index contributed by atoms with van der Waals surface area (Å²) in [6, 6.07) is 16.1. The molecule has 0 atom stereocenters. The number of hydrogen-bond acceptors (Lipinski definition) is 7. The van der Waals surface area contributed by atoms with Gasteiger partial charge in [0.05, 0.1) is 11.3 Å². The standard InChI is InChI=1S/C21H17N5O3/c1-13-24-17(21(27)26-16-5-3-2-4-15(16)10-22)9-20(25-13)23-11-14-6-7-18-19(8-14)29-12-28-18/h2-9H,11-12H2,1H3,(H,26,27)(H,23,24,25). The zero-order valence-electron chi connectivity index (χ0n) is 15.6. The summed E-state index contributed by atoms with van der Waals surface area (Å²) < 4.78 is 10.7. The fraction of sp³-hybridized carbons (Fsp3) is 0.143. The van der Waals surface area contributed by atoms with Crippen LogP contribution in [0.2, 0.25) is 0 Å². The van der Waals surface area contributed by atoms with Gasteiger partial charge in [0.1, 0.15) is 23.4 Å². The Kier molecular flexibility index (Phi) is 4.95. The minimum atomic E-state index is -0.413. The molecule has 1 aromatic heterocycles. The molecular weight excluding hydrogens is 370 g/mol. The van der Waals surface area contributed by atoms with Crippen LogP contribution >= 0.6 is 0 Å². The molecule has 2 aromatic carbocycles. The maximum atomic E-state index is 12.6. The maximum Gasteiger partial charge on any atom is 0.274 e. The number of nitriles is 1. The van der Waals surface area contributed by atoms with Gasteiger partial charge in [-0.1, -0.05) is 18.2 Å². The highest BCUT2D eigenvalue weighted by molar-refractivity contribution is 6.03. The largest absolute Gasteiger partial charge is 0.454 e. The first-order chi connectivity index (χ1) is 14.1. The highest BCUT2D eigenvalue weighted by atomic mass is 16.7. The third-order valence-electron chi connectivity index (χ3n) is 4.28. The van der Waals surface area contributed by atoms with Gasteiger partial charge in [0.15, 0.2) is 11.5 Å². The maximum absolute atomic E-state index is 12.6. The number of fused-ring (bicyclic) bond motifs is 1. The van der Waals surface area contributed by atoms with Gasteiger partial charge in [0.2, 0.25) is 6.79 Å². The lowest BCUT2D eigenvalue weighted by Gasteiger charge is -2.10. The van der Waals surface area contributed by atoms with E-state index in [-0.39, 0.29) is 12.5 Å². The summed E-state index contributed by atoms with van der Waals surface area (Å²) in [7, 11) is 0. The Bertz CT molecular complexity index is 1120. The molecule has 1 aliphatic rings. The van der Waals surface area contributed by atoms with Crippen LogP contribution in [0, 0.1) is 18.3 Å². The highest BCUT2D eigenvalue weighted by Gasteiger charge is 2.15. The first-order valence-corrected chi connectivity index (χ1v) is 8.91. The van der Waals surface area contributed by atoms with Gasteiger partial charge in [0.25, 0.3) is 5.91 Å². The Labute approximate surface area is 167 Å². The second-order valence-corrected chi connectivity index (χ2v) is 6.34. The van der Waals surface area contributed by atoms with Crippen molar-refractivity contribution in [2.24, 2.45) is 0 Å². The van der Waals surface area contributed by atoms with Crippen molar-refractivity contribution in [1.29, 1.82) is 5.26 Å². The number of rotatable bonds is 5. The van der Waals surface area contributed by atoms with E-state index >= 15 is 0 Å². The molecule has 4 rings (SSSR count). The van der Waals surface area contributed by atoms with Crippen LogP contribution in [0.5, 0.6) is 11.5 Å². The molecule has 0 spiro atoms. The van der Waals surface area contributed by atoms with E-state index in [9.17, 15) is 10.1 Å². The monoisotopic (exact) mass is 387 g/mol. The Morgan fingerprint density at radius 2 is 1.97 bits per heavy atom. The van der Waals surface area contributed by atoms with Gasteiger partial charge in [-0.05, 0) is 36.8 Å². The molecule has 0 saturated carbocycles. The molecule has 0 bridgehead atoms. The topological polar surface area (TPSA) is 109 Å². The number of benzene rings is 2. The van der Waals surface area contributed by atoms with Gasteiger partial charge in [-0.3, -0.25) is 4.79 Å². The van der Waals surface area contributed by atoms with E-state index in [1.54, 1.807) is 37.3 Å². The second-order valence-electron chi connectivity index (χ2n) is 6.34. The average Bonchev–Trinajstić information content (AvgIpc) is 3.20. The molecule has 0 fully saturated rings. The quantitative estimate of drug-likeness (QED) is 0.691. The lowest BCUT2D eigenvalue weighted by Crippen LogP contribution is -2.16. The molecule has 1 amide bonds. The van der Waals surface area contributed by atoms with Crippen molar-refractivity contribution in [3.63, 3.8) is 0 Å². The Morgan fingerprint density at radius 1 is 1.14 bits per heavy atom. The number of aromatic nitrogens is 2. The van der Waals surface area contributed by atoms with Crippen molar-refractivity contribution >= 4 is 17.4 Å². The molecule has 0 unspecified atom stereocenters.